The number of nitrogens with one attached hydrogen (secondary N) is 1. The van der Waals surface area contributed by atoms with Crippen LogP contribution in [0.4, 0.5) is 5.69 Å². The second kappa shape index (κ2) is 6.73. The van der Waals surface area contributed by atoms with Crippen LogP contribution in [0, 0.1) is 5.41 Å². The fraction of sp³-hybridized carbons (Fsp3) is 0.471. The van der Waals surface area contributed by atoms with Crippen LogP contribution in [-0.2, 0) is 9.59 Å². The lowest BCUT2D eigenvalue weighted by molar-refractivity contribution is -0.140. The largest absolute Gasteiger partial charge is 0.481 e. The standard InChI is InChI=1S/C17H21NO4/c1-12(19)13-4-6-14(7-5-13)18-15(20)10-17(11-16(21)22)8-2-3-9-17/h4-7H,2-3,8-11H2,1H3,(H,18,20)(H,21,22). The first-order valence-corrected chi connectivity index (χ1v) is 7.53. The molecule has 118 valence electrons. The van der Waals surface area contributed by atoms with E-state index in [9.17, 15) is 14.4 Å². The molecule has 0 radical (unpaired) electrons. The van der Waals surface area contributed by atoms with Crippen molar-refractivity contribution in [3.05, 3.63) is 29.8 Å². The van der Waals surface area contributed by atoms with Gasteiger partial charge in [-0.15, -0.1) is 0 Å². The second-order valence-corrected chi connectivity index (χ2v) is 6.14. The number of carboxylic acids is 1. The summed E-state index contributed by atoms with van der Waals surface area (Å²) in [5.41, 5.74) is 0.810. The van der Waals surface area contributed by atoms with E-state index in [-0.39, 0.29) is 24.5 Å². The maximum absolute atomic E-state index is 12.2. The molecule has 22 heavy (non-hydrogen) atoms. The molecule has 0 spiro atoms. The first-order chi connectivity index (χ1) is 10.4. The molecule has 1 aliphatic rings. The van der Waals surface area contributed by atoms with Gasteiger partial charge in [-0.3, -0.25) is 14.4 Å². The molecule has 1 aromatic rings. The summed E-state index contributed by atoms with van der Waals surface area (Å²) >= 11 is 0. The molecule has 2 rings (SSSR count). The van der Waals surface area contributed by atoms with Gasteiger partial charge in [0.15, 0.2) is 5.78 Å². The van der Waals surface area contributed by atoms with E-state index in [2.05, 4.69) is 5.32 Å². The SMILES string of the molecule is CC(=O)c1ccc(NC(=O)CC2(CC(=O)O)CCCC2)cc1. The van der Waals surface area contributed by atoms with E-state index in [1.54, 1.807) is 24.3 Å². The van der Waals surface area contributed by atoms with Crippen molar-refractivity contribution in [1.29, 1.82) is 0 Å². The minimum Gasteiger partial charge on any atom is -0.481 e. The van der Waals surface area contributed by atoms with Gasteiger partial charge in [0, 0.05) is 17.7 Å². The predicted octanol–water partition coefficient (Wildman–Crippen LogP) is 3.25. The summed E-state index contributed by atoms with van der Waals surface area (Å²) in [4.78, 5) is 34.5. The van der Waals surface area contributed by atoms with E-state index >= 15 is 0 Å². The summed E-state index contributed by atoms with van der Waals surface area (Å²) in [6.07, 6.45) is 3.81. The van der Waals surface area contributed by atoms with E-state index < -0.39 is 11.4 Å². The highest BCUT2D eigenvalue weighted by Gasteiger charge is 2.37. The summed E-state index contributed by atoms with van der Waals surface area (Å²) in [7, 11) is 0. The van der Waals surface area contributed by atoms with Gasteiger partial charge in [-0.05, 0) is 49.4 Å². The van der Waals surface area contributed by atoms with Gasteiger partial charge >= 0.3 is 5.97 Å². The first kappa shape index (κ1) is 16.2. The molecule has 1 fully saturated rings. The number of ketones is 1. The number of benzene rings is 1. The van der Waals surface area contributed by atoms with Crippen LogP contribution >= 0.6 is 0 Å². The average molecular weight is 303 g/mol. The molecular weight excluding hydrogens is 282 g/mol. The second-order valence-electron chi connectivity index (χ2n) is 6.14. The Morgan fingerprint density at radius 2 is 1.68 bits per heavy atom. The van der Waals surface area contributed by atoms with Crippen molar-refractivity contribution in [1.82, 2.24) is 0 Å². The molecule has 0 bridgehead atoms. The molecule has 1 saturated carbocycles. The number of carbonyl (C=O) groups excluding carboxylic acids is 2. The van der Waals surface area contributed by atoms with Gasteiger partial charge < -0.3 is 10.4 Å². The monoisotopic (exact) mass is 303 g/mol. The van der Waals surface area contributed by atoms with Crippen molar-refractivity contribution in [3.8, 4) is 0 Å². The number of Topliss-reactive ketones (excluding diaryl/α,β-unsaturated/α-hetero) is 1. The van der Waals surface area contributed by atoms with Crippen LogP contribution in [0.15, 0.2) is 24.3 Å². The molecule has 2 N–H and O–H groups in total. The molecule has 5 nitrogen and oxygen atoms in total. The number of hydrogen-bond donors (Lipinski definition) is 2. The van der Waals surface area contributed by atoms with Gasteiger partial charge in [0.2, 0.25) is 5.91 Å². The van der Waals surface area contributed by atoms with Crippen LogP contribution in [0.2, 0.25) is 0 Å². The normalized spacial score (nSPS) is 16.2. The third-order valence-corrected chi connectivity index (χ3v) is 4.30. The predicted molar refractivity (Wildman–Crippen MR) is 82.8 cm³/mol. The Bertz CT molecular complexity index is 571. The number of anilines is 1. The van der Waals surface area contributed by atoms with E-state index in [1.165, 1.54) is 6.92 Å². The summed E-state index contributed by atoms with van der Waals surface area (Å²) in [6.45, 7) is 1.49. The molecule has 1 aliphatic carbocycles. The number of aliphatic carboxylic acids is 1. The first-order valence-electron chi connectivity index (χ1n) is 7.53. The van der Waals surface area contributed by atoms with Crippen molar-refractivity contribution in [3.63, 3.8) is 0 Å². The van der Waals surface area contributed by atoms with Gasteiger partial charge in [-0.25, -0.2) is 0 Å². The van der Waals surface area contributed by atoms with Crippen LogP contribution in [0.1, 0.15) is 55.8 Å². The quantitative estimate of drug-likeness (QED) is 0.790. The topological polar surface area (TPSA) is 83.5 Å². The molecule has 0 aliphatic heterocycles. The molecule has 1 amide bonds. The number of carboxylic acid groups (broad SMARTS) is 1. The molecule has 0 heterocycles. The van der Waals surface area contributed by atoms with Crippen molar-refractivity contribution >= 4 is 23.3 Å². The van der Waals surface area contributed by atoms with Gasteiger partial charge in [0.05, 0.1) is 6.42 Å². The third kappa shape index (κ3) is 4.16. The zero-order valence-corrected chi connectivity index (χ0v) is 12.7. The van der Waals surface area contributed by atoms with Crippen molar-refractivity contribution in [2.24, 2.45) is 5.41 Å². The van der Waals surface area contributed by atoms with E-state index in [0.29, 0.717) is 11.3 Å². The molecule has 0 unspecified atom stereocenters. The average Bonchev–Trinajstić information content (AvgIpc) is 2.86. The fourth-order valence-electron chi connectivity index (χ4n) is 3.20. The van der Waals surface area contributed by atoms with Crippen molar-refractivity contribution in [2.75, 3.05) is 5.32 Å². The molecule has 0 aromatic heterocycles. The highest BCUT2D eigenvalue weighted by Crippen LogP contribution is 2.44. The smallest absolute Gasteiger partial charge is 0.303 e. The van der Waals surface area contributed by atoms with Gasteiger partial charge in [-0.1, -0.05) is 12.8 Å². The van der Waals surface area contributed by atoms with E-state index in [0.717, 1.165) is 25.7 Å². The van der Waals surface area contributed by atoms with E-state index in [4.69, 9.17) is 5.11 Å². The van der Waals surface area contributed by atoms with Crippen LogP contribution in [-0.4, -0.2) is 22.8 Å². The third-order valence-electron chi connectivity index (χ3n) is 4.30. The molecule has 0 saturated heterocycles. The number of rotatable bonds is 6. The number of amides is 1. The Hall–Kier alpha value is -2.17. The maximum atomic E-state index is 12.2. The Morgan fingerprint density at radius 3 is 2.18 bits per heavy atom. The Balaban J connectivity index is 1.99. The highest BCUT2D eigenvalue weighted by atomic mass is 16.4. The van der Waals surface area contributed by atoms with Gasteiger partial charge in [0.25, 0.3) is 0 Å². The van der Waals surface area contributed by atoms with Crippen LogP contribution in [0.25, 0.3) is 0 Å². The number of hydrogen-bond acceptors (Lipinski definition) is 3. The minimum absolute atomic E-state index is 0.0238. The summed E-state index contributed by atoms with van der Waals surface area (Å²) in [5, 5.41) is 11.9. The maximum Gasteiger partial charge on any atom is 0.303 e. The number of carbonyl (C=O) groups is 3. The summed E-state index contributed by atoms with van der Waals surface area (Å²) in [6, 6.07) is 6.71. The fourth-order valence-corrected chi connectivity index (χ4v) is 3.20. The van der Waals surface area contributed by atoms with Gasteiger partial charge in [0.1, 0.15) is 0 Å². The lowest BCUT2D eigenvalue weighted by atomic mass is 9.79. The van der Waals surface area contributed by atoms with Crippen molar-refractivity contribution in [2.45, 2.75) is 45.4 Å². The summed E-state index contributed by atoms with van der Waals surface area (Å²) in [5.74, 6) is -1.04. The highest BCUT2D eigenvalue weighted by molar-refractivity contribution is 5.95. The minimum atomic E-state index is -0.847. The van der Waals surface area contributed by atoms with Crippen LogP contribution in [0.3, 0.4) is 0 Å². The lowest BCUT2D eigenvalue weighted by Gasteiger charge is -2.26. The molecular formula is C17H21NO4. The zero-order valence-electron chi connectivity index (χ0n) is 12.7. The van der Waals surface area contributed by atoms with Crippen LogP contribution in [0.5, 0.6) is 0 Å². The Morgan fingerprint density at radius 1 is 1.09 bits per heavy atom. The van der Waals surface area contributed by atoms with Crippen LogP contribution < -0.4 is 5.32 Å². The Labute approximate surface area is 129 Å². The van der Waals surface area contributed by atoms with Crippen molar-refractivity contribution < 1.29 is 19.5 Å². The molecule has 5 heteroatoms. The van der Waals surface area contributed by atoms with Gasteiger partial charge in [-0.2, -0.15) is 0 Å². The molecule has 0 atom stereocenters. The zero-order chi connectivity index (χ0) is 16.2. The molecule has 1 aromatic carbocycles. The summed E-state index contributed by atoms with van der Waals surface area (Å²) < 4.78 is 0. The van der Waals surface area contributed by atoms with E-state index in [1.807, 2.05) is 0 Å². The lowest BCUT2D eigenvalue weighted by Crippen LogP contribution is -2.27. The Kier molecular flexibility index (Phi) is 4.96.